The van der Waals surface area contributed by atoms with Gasteiger partial charge in [0.25, 0.3) is 0 Å². The summed E-state index contributed by atoms with van der Waals surface area (Å²) in [4.78, 5) is 23.9. The maximum absolute atomic E-state index is 11.9. The topological polar surface area (TPSA) is 66.7 Å². The van der Waals surface area contributed by atoms with E-state index in [1.165, 1.54) is 0 Å². The zero-order chi connectivity index (χ0) is 14.6. The predicted octanol–water partition coefficient (Wildman–Crippen LogP) is 1.91. The van der Waals surface area contributed by atoms with E-state index in [1.807, 2.05) is 0 Å². The first-order chi connectivity index (χ1) is 8.93. The molecular formula is C14H20NO4. The number of nitrogens with zero attached hydrogens (tertiary/aromatic N) is 1. The van der Waals surface area contributed by atoms with Gasteiger partial charge >= 0.3 is 11.9 Å². The van der Waals surface area contributed by atoms with Crippen molar-refractivity contribution in [1.29, 1.82) is 0 Å². The molecule has 1 heterocycles. The molecule has 0 spiro atoms. The molecule has 0 aliphatic carbocycles. The number of carbonyl (C=O) groups excluding carboxylic acids is 2. The number of hydrogen-bond acceptors (Lipinski definition) is 4. The Balaban J connectivity index is 3.08. The fourth-order valence-corrected chi connectivity index (χ4v) is 2.21. The minimum absolute atomic E-state index is 0.291. The highest BCUT2D eigenvalue weighted by Gasteiger charge is 2.34. The Labute approximate surface area is 113 Å². The van der Waals surface area contributed by atoms with Crippen LogP contribution in [-0.4, -0.2) is 25.2 Å². The fraction of sp³-hybridized carbons (Fsp3) is 0.571. The van der Waals surface area contributed by atoms with Crippen molar-refractivity contribution in [3.05, 3.63) is 22.5 Å². The van der Waals surface area contributed by atoms with Gasteiger partial charge in [-0.3, -0.25) is 5.32 Å². The normalized spacial score (nSPS) is 16.3. The molecule has 0 unspecified atom stereocenters. The van der Waals surface area contributed by atoms with Gasteiger partial charge < -0.3 is 9.47 Å². The van der Waals surface area contributed by atoms with Gasteiger partial charge in [-0.2, -0.15) is 0 Å². The summed E-state index contributed by atoms with van der Waals surface area (Å²) < 4.78 is 10.0. The van der Waals surface area contributed by atoms with Gasteiger partial charge in [-0.15, -0.1) is 0 Å². The van der Waals surface area contributed by atoms with Crippen molar-refractivity contribution in [1.82, 2.24) is 5.32 Å². The van der Waals surface area contributed by atoms with Crippen molar-refractivity contribution < 1.29 is 19.1 Å². The van der Waals surface area contributed by atoms with Crippen molar-refractivity contribution in [2.75, 3.05) is 13.2 Å². The Morgan fingerprint density at radius 2 is 1.37 bits per heavy atom. The summed E-state index contributed by atoms with van der Waals surface area (Å²) in [6.07, 6.45) is 0. The lowest BCUT2D eigenvalue weighted by atomic mass is 9.87. The van der Waals surface area contributed by atoms with Crippen LogP contribution in [0.5, 0.6) is 0 Å². The molecule has 0 aromatic heterocycles. The van der Waals surface area contributed by atoms with Gasteiger partial charge in [-0.1, -0.05) is 6.92 Å². The highest BCUT2D eigenvalue weighted by atomic mass is 16.5. The fourth-order valence-electron chi connectivity index (χ4n) is 2.21. The van der Waals surface area contributed by atoms with Crippen LogP contribution in [-0.2, 0) is 19.1 Å². The summed E-state index contributed by atoms with van der Waals surface area (Å²) in [5, 5.41) is 4.26. The van der Waals surface area contributed by atoms with Gasteiger partial charge in [-0.05, 0) is 27.7 Å². The molecule has 0 N–H and O–H groups in total. The van der Waals surface area contributed by atoms with Crippen molar-refractivity contribution in [2.45, 2.75) is 34.6 Å². The highest BCUT2D eigenvalue weighted by molar-refractivity contribution is 5.97. The first-order valence-corrected chi connectivity index (χ1v) is 6.41. The van der Waals surface area contributed by atoms with E-state index in [0.29, 0.717) is 35.8 Å². The van der Waals surface area contributed by atoms with Crippen LogP contribution < -0.4 is 5.32 Å². The second-order valence-corrected chi connectivity index (χ2v) is 4.27. The van der Waals surface area contributed by atoms with Gasteiger partial charge in [-0.25, -0.2) is 9.59 Å². The summed E-state index contributed by atoms with van der Waals surface area (Å²) in [6.45, 7) is 9.35. The molecule has 1 aliphatic heterocycles. The molecule has 0 saturated carbocycles. The van der Waals surface area contributed by atoms with Gasteiger partial charge in [0.15, 0.2) is 0 Å². The van der Waals surface area contributed by atoms with Crippen LogP contribution in [0.2, 0.25) is 0 Å². The number of allylic oxidation sites excluding steroid dienone is 2. The average Bonchev–Trinajstić information content (AvgIpc) is 2.28. The molecule has 0 bridgehead atoms. The first kappa shape index (κ1) is 15.3. The predicted molar refractivity (Wildman–Crippen MR) is 70.0 cm³/mol. The molecule has 19 heavy (non-hydrogen) atoms. The maximum Gasteiger partial charge on any atom is 0.336 e. The van der Waals surface area contributed by atoms with Crippen molar-refractivity contribution >= 4 is 11.9 Å². The number of rotatable bonds is 4. The van der Waals surface area contributed by atoms with Crippen LogP contribution in [0.3, 0.4) is 0 Å². The molecule has 0 atom stereocenters. The molecule has 1 rings (SSSR count). The van der Waals surface area contributed by atoms with Crippen molar-refractivity contribution in [3.63, 3.8) is 0 Å². The summed E-state index contributed by atoms with van der Waals surface area (Å²) in [5.41, 5.74) is 2.04. The second-order valence-electron chi connectivity index (χ2n) is 4.27. The quantitative estimate of drug-likeness (QED) is 0.729. The van der Waals surface area contributed by atoms with Crippen molar-refractivity contribution in [3.8, 4) is 0 Å². The number of ether oxygens (including phenoxy) is 2. The lowest BCUT2D eigenvalue weighted by molar-refractivity contribution is -0.140. The van der Waals surface area contributed by atoms with Crippen LogP contribution in [0, 0.1) is 5.92 Å². The number of esters is 2. The molecule has 0 aromatic carbocycles. The molecule has 5 heteroatoms. The zero-order valence-electron chi connectivity index (χ0n) is 12.1. The van der Waals surface area contributed by atoms with Gasteiger partial charge in [0, 0.05) is 17.3 Å². The van der Waals surface area contributed by atoms with Crippen molar-refractivity contribution in [2.24, 2.45) is 5.92 Å². The molecule has 0 amide bonds. The van der Waals surface area contributed by atoms with E-state index in [0.717, 1.165) is 0 Å². The summed E-state index contributed by atoms with van der Waals surface area (Å²) in [7, 11) is 0. The maximum atomic E-state index is 11.9. The molecule has 1 radical (unpaired) electrons. The third-order valence-corrected chi connectivity index (χ3v) is 2.97. The molecule has 1 aliphatic rings. The average molecular weight is 266 g/mol. The Morgan fingerprint density at radius 1 is 1.00 bits per heavy atom. The Morgan fingerprint density at radius 3 is 1.68 bits per heavy atom. The van der Waals surface area contributed by atoms with Gasteiger partial charge in [0.2, 0.25) is 0 Å². The van der Waals surface area contributed by atoms with Crippen LogP contribution in [0.4, 0.5) is 0 Å². The second kappa shape index (κ2) is 6.41. The Hall–Kier alpha value is -1.78. The zero-order valence-corrected chi connectivity index (χ0v) is 12.1. The molecule has 0 fully saturated rings. The van der Waals surface area contributed by atoms with Crippen LogP contribution in [0.1, 0.15) is 34.6 Å². The van der Waals surface area contributed by atoms with E-state index in [2.05, 4.69) is 5.32 Å². The lowest BCUT2D eigenvalue weighted by Crippen LogP contribution is -2.29. The summed E-state index contributed by atoms with van der Waals surface area (Å²) in [6, 6.07) is 0. The highest BCUT2D eigenvalue weighted by Crippen LogP contribution is 2.31. The van der Waals surface area contributed by atoms with E-state index in [9.17, 15) is 9.59 Å². The Bertz CT molecular complexity index is 408. The van der Waals surface area contributed by atoms with E-state index >= 15 is 0 Å². The standard InChI is InChI=1S/C14H20NO4/c1-6-18-13(16)11-8(3)12(14(17)19-7-2)10(5)15-9(11)4/h8H,6-7H2,1-5H3. The van der Waals surface area contributed by atoms with Gasteiger partial charge in [0.05, 0.1) is 24.4 Å². The third kappa shape index (κ3) is 3.16. The number of carbonyl (C=O) groups is 2. The van der Waals surface area contributed by atoms with Crippen LogP contribution in [0.25, 0.3) is 0 Å². The van der Waals surface area contributed by atoms with E-state index in [4.69, 9.17) is 9.47 Å². The van der Waals surface area contributed by atoms with Crippen LogP contribution in [0.15, 0.2) is 22.5 Å². The minimum atomic E-state index is -0.425. The van der Waals surface area contributed by atoms with Crippen LogP contribution >= 0.6 is 0 Å². The Kier molecular flexibility index (Phi) is 5.15. The summed E-state index contributed by atoms with van der Waals surface area (Å²) >= 11 is 0. The van der Waals surface area contributed by atoms with E-state index < -0.39 is 11.9 Å². The molecule has 5 nitrogen and oxygen atoms in total. The largest absolute Gasteiger partial charge is 0.463 e. The molecule has 105 valence electrons. The first-order valence-electron chi connectivity index (χ1n) is 6.41. The lowest BCUT2D eigenvalue weighted by Gasteiger charge is -2.25. The number of hydrogen-bond donors (Lipinski definition) is 0. The van der Waals surface area contributed by atoms with Gasteiger partial charge in [0.1, 0.15) is 0 Å². The van der Waals surface area contributed by atoms with E-state index in [1.54, 1.807) is 34.6 Å². The molecule has 0 aromatic rings. The summed E-state index contributed by atoms with van der Waals surface area (Å²) in [5.74, 6) is -1.22. The minimum Gasteiger partial charge on any atom is -0.463 e. The van der Waals surface area contributed by atoms with E-state index in [-0.39, 0.29) is 5.92 Å². The molecular weight excluding hydrogens is 246 g/mol. The SMILES string of the molecule is CCOC(=O)C1=C(C)[N]C(C)=C(C(=O)OCC)C1C. The third-order valence-electron chi connectivity index (χ3n) is 2.97. The monoisotopic (exact) mass is 266 g/mol. The molecule has 0 saturated heterocycles. The smallest absolute Gasteiger partial charge is 0.336 e.